The second-order valence-corrected chi connectivity index (χ2v) is 1.98. The average molecular weight is 210 g/mol. The molecule has 1 aromatic heterocycles. The third kappa shape index (κ3) is 2.02. The average Bonchev–Trinajstić information content (AvgIpc) is 2.50. The fourth-order valence-electron chi connectivity index (χ4n) is 0.501. The zero-order valence-corrected chi connectivity index (χ0v) is 6.20. The predicted octanol–water partition coefficient (Wildman–Crippen LogP) is 0.968. The van der Waals surface area contributed by atoms with Gasteiger partial charge < -0.3 is 0 Å². The molecule has 0 fully saturated rings. The molecule has 0 saturated carbocycles. The molecule has 14 heavy (non-hydrogen) atoms. The molecule has 10 heteroatoms. The number of nitrogens with one attached hydrogen (secondary N) is 1. The first kappa shape index (κ1) is 10.1. The van der Waals surface area contributed by atoms with Gasteiger partial charge in [-0.05, 0) is 15.5 Å². The Labute approximate surface area is 73.2 Å². The van der Waals surface area contributed by atoms with E-state index in [1.54, 1.807) is 0 Å². The van der Waals surface area contributed by atoms with Gasteiger partial charge >= 0.3 is 12.1 Å². The number of carbonyl (C=O) groups excluding carboxylic acids is 1. The van der Waals surface area contributed by atoms with Crippen molar-refractivity contribution in [1.82, 2.24) is 10.3 Å². The molecule has 1 N–H and O–H groups in total. The fraction of sp³-hybridized carbons (Fsp3) is 0.250. The molecule has 0 atom stereocenters. The monoisotopic (exact) mass is 210 g/mol. The molecule has 1 heterocycles. The van der Waals surface area contributed by atoms with Crippen LogP contribution < -0.4 is 5.32 Å². The topological polar surface area (TPSA) is 97.4 Å². The summed E-state index contributed by atoms with van der Waals surface area (Å²) >= 11 is 0. The van der Waals surface area contributed by atoms with Crippen molar-refractivity contribution in [3.63, 3.8) is 0 Å². The largest absolute Gasteiger partial charge is 0.471 e. The molecule has 0 aliphatic rings. The van der Waals surface area contributed by atoms with Crippen LogP contribution in [0.15, 0.2) is 9.81 Å². The van der Waals surface area contributed by atoms with Gasteiger partial charge in [-0.2, -0.15) is 13.2 Å². The molecule has 7 nitrogen and oxygen atoms in total. The predicted molar refractivity (Wildman–Crippen MR) is 34.4 cm³/mol. The minimum atomic E-state index is -5.08. The van der Waals surface area contributed by atoms with Gasteiger partial charge in [0, 0.05) is 0 Å². The van der Waals surface area contributed by atoms with Gasteiger partial charge in [0.25, 0.3) is 5.82 Å². The van der Waals surface area contributed by atoms with Gasteiger partial charge in [-0.3, -0.25) is 10.1 Å². The molecule has 0 saturated heterocycles. The van der Waals surface area contributed by atoms with Crippen LogP contribution in [0.3, 0.4) is 0 Å². The normalized spacial score (nSPS) is 11.1. The van der Waals surface area contributed by atoms with Gasteiger partial charge in [-0.15, -0.1) is 4.91 Å². The lowest BCUT2D eigenvalue weighted by Crippen LogP contribution is -2.30. The molecule has 0 aromatic carbocycles. The lowest BCUT2D eigenvalue weighted by Gasteiger charge is -2.03. The number of nitrogens with zero attached hydrogens (tertiary/aromatic N) is 3. The first-order chi connectivity index (χ1) is 6.45. The third-order valence-electron chi connectivity index (χ3n) is 1.05. The first-order valence-electron chi connectivity index (χ1n) is 2.99. The summed E-state index contributed by atoms with van der Waals surface area (Å²) in [5, 5.41) is 9.07. The molecule has 1 amide bonds. The Morgan fingerprint density at radius 1 is 1.43 bits per heavy atom. The van der Waals surface area contributed by atoms with Crippen LogP contribution in [-0.4, -0.2) is 22.4 Å². The highest BCUT2D eigenvalue weighted by Gasteiger charge is 2.39. The van der Waals surface area contributed by atoms with Crippen molar-refractivity contribution in [3.8, 4) is 0 Å². The number of alkyl halides is 3. The number of carbonyl (C=O) groups is 1. The van der Waals surface area contributed by atoms with Gasteiger partial charge in [-0.1, -0.05) is 0 Å². The molecule has 0 aliphatic heterocycles. The van der Waals surface area contributed by atoms with Gasteiger partial charge in [0.05, 0.1) is 0 Å². The van der Waals surface area contributed by atoms with Crippen molar-refractivity contribution in [2.45, 2.75) is 6.18 Å². The highest BCUT2D eigenvalue weighted by atomic mass is 19.4. The number of aromatic nitrogens is 2. The molecule has 1 rings (SSSR count). The summed E-state index contributed by atoms with van der Waals surface area (Å²) in [5.74, 6) is -3.83. The van der Waals surface area contributed by atoms with Gasteiger partial charge in [0.15, 0.2) is 0 Å². The van der Waals surface area contributed by atoms with E-state index in [1.165, 1.54) is 5.32 Å². The second-order valence-electron chi connectivity index (χ2n) is 1.98. The molecular weight excluding hydrogens is 209 g/mol. The molecule has 0 unspecified atom stereocenters. The third-order valence-corrected chi connectivity index (χ3v) is 1.05. The minimum Gasteiger partial charge on any atom is -0.297 e. The molecule has 1 aromatic rings. The number of nitroso groups, excluding NO2 is 1. The van der Waals surface area contributed by atoms with E-state index in [-0.39, 0.29) is 0 Å². The number of hydrogen-bond donors (Lipinski definition) is 1. The fourth-order valence-corrected chi connectivity index (χ4v) is 0.501. The van der Waals surface area contributed by atoms with Crippen molar-refractivity contribution in [3.05, 3.63) is 4.91 Å². The SMILES string of the molecule is O=Nc1nonc1NC(=O)C(F)(F)F. The summed E-state index contributed by atoms with van der Waals surface area (Å²) in [6.45, 7) is 0. The standard InChI is InChI=1S/C4HF3N4O3/c5-4(6,7)3(12)8-1-2(9-13)11-14-10-1/h(H,8,10,12). The zero-order valence-electron chi connectivity index (χ0n) is 6.20. The van der Waals surface area contributed by atoms with Crippen LogP contribution in [0.4, 0.5) is 24.8 Å². The Kier molecular flexibility index (Phi) is 2.45. The van der Waals surface area contributed by atoms with Crippen molar-refractivity contribution in [2.24, 2.45) is 5.18 Å². The lowest BCUT2D eigenvalue weighted by atomic mass is 10.5. The summed E-state index contributed by atoms with van der Waals surface area (Å²) in [7, 11) is 0. The van der Waals surface area contributed by atoms with Gasteiger partial charge in [-0.25, -0.2) is 4.63 Å². The van der Waals surface area contributed by atoms with Crippen molar-refractivity contribution in [1.29, 1.82) is 0 Å². The van der Waals surface area contributed by atoms with Crippen molar-refractivity contribution < 1.29 is 22.6 Å². The van der Waals surface area contributed by atoms with Crippen LogP contribution >= 0.6 is 0 Å². The van der Waals surface area contributed by atoms with Crippen LogP contribution in [0, 0.1) is 4.91 Å². The summed E-state index contributed by atoms with van der Waals surface area (Å²) in [6, 6.07) is 0. The minimum absolute atomic E-state index is 0.761. The molecule has 0 spiro atoms. The second kappa shape index (κ2) is 3.40. The van der Waals surface area contributed by atoms with E-state index in [9.17, 15) is 22.9 Å². The highest BCUT2D eigenvalue weighted by Crippen LogP contribution is 2.22. The van der Waals surface area contributed by atoms with E-state index in [4.69, 9.17) is 0 Å². The first-order valence-corrected chi connectivity index (χ1v) is 2.99. The van der Waals surface area contributed by atoms with E-state index >= 15 is 0 Å². The quantitative estimate of drug-likeness (QED) is 0.733. The number of hydrogen-bond acceptors (Lipinski definition) is 6. The molecular formula is C4HF3N4O3. The summed E-state index contributed by atoms with van der Waals surface area (Å²) in [5.41, 5.74) is 0. The Morgan fingerprint density at radius 2 is 2.07 bits per heavy atom. The summed E-state index contributed by atoms with van der Waals surface area (Å²) in [6.07, 6.45) is -5.08. The Hall–Kier alpha value is -2.00. The van der Waals surface area contributed by atoms with Crippen LogP contribution in [0.2, 0.25) is 0 Å². The van der Waals surface area contributed by atoms with Crippen LogP contribution in [-0.2, 0) is 4.79 Å². The zero-order chi connectivity index (χ0) is 10.8. The van der Waals surface area contributed by atoms with E-state index in [2.05, 4.69) is 20.1 Å². The van der Waals surface area contributed by atoms with Crippen LogP contribution in [0.5, 0.6) is 0 Å². The van der Waals surface area contributed by atoms with Gasteiger partial charge in [0.1, 0.15) is 0 Å². The number of amides is 1. The van der Waals surface area contributed by atoms with Gasteiger partial charge in [0.2, 0.25) is 5.82 Å². The van der Waals surface area contributed by atoms with Crippen LogP contribution in [0.25, 0.3) is 0 Å². The van der Waals surface area contributed by atoms with Crippen molar-refractivity contribution >= 4 is 17.5 Å². The molecule has 0 bridgehead atoms. The highest BCUT2D eigenvalue weighted by molar-refractivity contribution is 5.95. The van der Waals surface area contributed by atoms with Crippen molar-refractivity contribution in [2.75, 3.05) is 5.32 Å². The Bertz CT molecular complexity index is 359. The van der Waals surface area contributed by atoms with E-state index in [1.807, 2.05) is 0 Å². The molecule has 0 radical (unpaired) electrons. The number of anilines is 1. The Balaban J connectivity index is 2.79. The molecule has 0 aliphatic carbocycles. The number of rotatable bonds is 2. The number of halogens is 3. The van der Waals surface area contributed by atoms with Crippen LogP contribution in [0.1, 0.15) is 0 Å². The lowest BCUT2D eigenvalue weighted by molar-refractivity contribution is -0.167. The summed E-state index contributed by atoms with van der Waals surface area (Å²) < 4.78 is 38.9. The van der Waals surface area contributed by atoms with E-state index in [0.29, 0.717) is 0 Å². The maximum absolute atomic E-state index is 11.7. The smallest absolute Gasteiger partial charge is 0.297 e. The van der Waals surface area contributed by atoms with E-state index < -0.39 is 23.7 Å². The maximum Gasteiger partial charge on any atom is 0.471 e. The Morgan fingerprint density at radius 3 is 2.57 bits per heavy atom. The summed E-state index contributed by atoms with van der Waals surface area (Å²) in [4.78, 5) is 20.2. The molecule has 76 valence electrons. The van der Waals surface area contributed by atoms with E-state index in [0.717, 1.165) is 0 Å². The maximum atomic E-state index is 11.7.